The highest BCUT2D eigenvalue weighted by Crippen LogP contribution is 2.36. The molecule has 0 aliphatic carbocycles. The first-order valence-electron chi connectivity index (χ1n) is 12.1. The van der Waals surface area contributed by atoms with Gasteiger partial charge in [0.15, 0.2) is 17.7 Å². The van der Waals surface area contributed by atoms with E-state index >= 15 is 0 Å². The summed E-state index contributed by atoms with van der Waals surface area (Å²) in [5.74, 6) is -3.35. The Labute approximate surface area is 207 Å². The predicted octanol–water partition coefficient (Wildman–Crippen LogP) is 3.57. The van der Waals surface area contributed by atoms with Crippen molar-refractivity contribution in [3.8, 4) is 5.75 Å². The predicted molar refractivity (Wildman–Crippen MR) is 128 cm³/mol. The van der Waals surface area contributed by atoms with Crippen molar-refractivity contribution in [2.45, 2.75) is 72.0 Å². The number of benzene rings is 1. The van der Waals surface area contributed by atoms with Gasteiger partial charge in [0.2, 0.25) is 5.43 Å². The summed E-state index contributed by atoms with van der Waals surface area (Å²) in [5, 5.41) is 13.2. The molecular formula is C26H31F2N3O5. The van der Waals surface area contributed by atoms with Gasteiger partial charge >= 0.3 is 0 Å². The molecule has 0 saturated carbocycles. The van der Waals surface area contributed by atoms with E-state index < -0.39 is 52.5 Å². The Morgan fingerprint density at radius 3 is 2.53 bits per heavy atom. The minimum atomic E-state index is -1.00. The molecular weight excluding hydrogens is 472 g/mol. The van der Waals surface area contributed by atoms with E-state index in [1.54, 1.807) is 4.90 Å². The SMILES string of the molecule is CC1CC([C@@H](C)C(C)C)N2C(=O)c3c(O)c(=O)c(C(=O)N[C@H](C)c4ccc(F)cc4F)cn3C[C@@H]2O1. The van der Waals surface area contributed by atoms with Crippen molar-refractivity contribution >= 4 is 11.8 Å². The van der Waals surface area contributed by atoms with Gasteiger partial charge in [-0.1, -0.05) is 26.8 Å². The summed E-state index contributed by atoms with van der Waals surface area (Å²) in [6, 6.07) is 1.95. The maximum absolute atomic E-state index is 14.1. The third-order valence-corrected chi connectivity index (χ3v) is 7.36. The highest BCUT2D eigenvalue weighted by Gasteiger charge is 2.46. The maximum Gasteiger partial charge on any atom is 0.276 e. The number of hydrogen-bond donors (Lipinski definition) is 2. The quantitative estimate of drug-likeness (QED) is 0.650. The van der Waals surface area contributed by atoms with Crippen LogP contribution in [0.5, 0.6) is 5.75 Å². The van der Waals surface area contributed by atoms with E-state index in [2.05, 4.69) is 26.1 Å². The van der Waals surface area contributed by atoms with Crippen molar-refractivity contribution in [1.29, 1.82) is 0 Å². The van der Waals surface area contributed by atoms with Gasteiger partial charge in [-0.2, -0.15) is 0 Å². The summed E-state index contributed by atoms with van der Waals surface area (Å²) in [5.41, 5.74) is -1.56. The van der Waals surface area contributed by atoms with Gasteiger partial charge in [-0.3, -0.25) is 14.4 Å². The number of aromatic hydroxyl groups is 1. The monoisotopic (exact) mass is 503 g/mol. The maximum atomic E-state index is 14.1. The van der Waals surface area contributed by atoms with Crippen LogP contribution in [0.4, 0.5) is 8.78 Å². The van der Waals surface area contributed by atoms with E-state index in [9.17, 15) is 28.3 Å². The normalized spacial score (nSPS) is 23.2. The molecule has 0 radical (unpaired) electrons. The molecule has 10 heteroatoms. The largest absolute Gasteiger partial charge is 0.503 e. The molecule has 2 N–H and O–H groups in total. The molecule has 1 fully saturated rings. The number of nitrogens with zero attached hydrogens (tertiary/aromatic N) is 2. The molecule has 3 heterocycles. The van der Waals surface area contributed by atoms with Gasteiger partial charge < -0.3 is 24.6 Å². The summed E-state index contributed by atoms with van der Waals surface area (Å²) in [4.78, 5) is 41.0. The lowest BCUT2D eigenvalue weighted by atomic mass is 9.84. The molecule has 5 atom stereocenters. The average molecular weight is 504 g/mol. The Morgan fingerprint density at radius 1 is 1.19 bits per heavy atom. The van der Waals surface area contributed by atoms with Gasteiger partial charge in [0.05, 0.1) is 18.7 Å². The highest BCUT2D eigenvalue weighted by atomic mass is 19.1. The molecule has 0 spiro atoms. The van der Waals surface area contributed by atoms with Crippen LogP contribution in [-0.2, 0) is 11.3 Å². The molecule has 36 heavy (non-hydrogen) atoms. The summed E-state index contributed by atoms with van der Waals surface area (Å²) >= 11 is 0. The molecule has 2 unspecified atom stereocenters. The molecule has 8 nitrogen and oxygen atoms in total. The van der Waals surface area contributed by atoms with Crippen molar-refractivity contribution in [1.82, 2.24) is 14.8 Å². The van der Waals surface area contributed by atoms with Crippen LogP contribution in [0, 0.1) is 23.5 Å². The second-order valence-corrected chi connectivity index (χ2v) is 10.1. The number of rotatable bonds is 5. The Balaban J connectivity index is 1.67. The van der Waals surface area contributed by atoms with Crippen LogP contribution in [0.15, 0.2) is 29.2 Å². The lowest BCUT2D eigenvalue weighted by molar-refractivity contribution is -0.160. The first-order valence-corrected chi connectivity index (χ1v) is 12.1. The summed E-state index contributed by atoms with van der Waals surface area (Å²) in [6.07, 6.45) is 1.13. The van der Waals surface area contributed by atoms with Crippen LogP contribution < -0.4 is 10.7 Å². The minimum absolute atomic E-state index is 0.0350. The molecule has 2 aliphatic heterocycles. The van der Waals surface area contributed by atoms with Gasteiger partial charge in [0.1, 0.15) is 17.2 Å². The van der Waals surface area contributed by atoms with Gasteiger partial charge in [0, 0.05) is 23.9 Å². The molecule has 1 saturated heterocycles. The van der Waals surface area contributed by atoms with Crippen LogP contribution >= 0.6 is 0 Å². The molecule has 2 amide bonds. The fraction of sp³-hybridized carbons (Fsp3) is 0.500. The summed E-state index contributed by atoms with van der Waals surface area (Å²) in [7, 11) is 0. The third-order valence-electron chi connectivity index (χ3n) is 7.36. The van der Waals surface area contributed by atoms with Gasteiger partial charge in [-0.25, -0.2) is 8.78 Å². The lowest BCUT2D eigenvalue weighted by Crippen LogP contribution is -2.61. The second kappa shape index (κ2) is 9.65. The van der Waals surface area contributed by atoms with Gasteiger partial charge in [-0.05, 0) is 38.2 Å². The van der Waals surface area contributed by atoms with E-state index in [1.165, 1.54) is 23.8 Å². The Hall–Kier alpha value is -3.27. The topological polar surface area (TPSA) is 101 Å². The first kappa shape index (κ1) is 25.8. The zero-order valence-electron chi connectivity index (χ0n) is 20.9. The van der Waals surface area contributed by atoms with Gasteiger partial charge in [0.25, 0.3) is 11.8 Å². The number of halogens is 2. The number of nitrogens with one attached hydrogen (secondary N) is 1. The standard InChI is InChI=1S/C26H31F2N3O5/c1-12(2)14(4)20-8-13(3)36-21-11-30-10-18(23(32)24(33)22(30)26(35)31(20)21)25(34)29-15(5)17-7-6-16(27)9-19(17)28/h6-7,9-10,12-15,20-21,33H,8,11H2,1-5H3,(H,29,34)/t13?,14-,15+,20?,21-/m0/s1. The number of ether oxygens (including phenoxy) is 1. The fourth-order valence-corrected chi connectivity index (χ4v) is 5.06. The number of hydrogen-bond acceptors (Lipinski definition) is 5. The van der Waals surface area contributed by atoms with Crippen LogP contribution in [0.3, 0.4) is 0 Å². The number of pyridine rings is 1. The summed E-state index contributed by atoms with van der Waals surface area (Å²) < 4.78 is 34.8. The van der Waals surface area contributed by atoms with Crippen molar-refractivity contribution in [2.75, 3.05) is 0 Å². The molecule has 2 aliphatic rings. The second-order valence-electron chi connectivity index (χ2n) is 10.1. The highest BCUT2D eigenvalue weighted by molar-refractivity contribution is 5.99. The Kier molecular flexibility index (Phi) is 6.92. The fourth-order valence-electron chi connectivity index (χ4n) is 5.06. The summed E-state index contributed by atoms with van der Waals surface area (Å²) in [6.45, 7) is 9.77. The molecule has 194 valence electrons. The van der Waals surface area contributed by atoms with E-state index in [-0.39, 0.29) is 35.9 Å². The average Bonchev–Trinajstić information content (AvgIpc) is 2.79. The van der Waals surface area contributed by atoms with Crippen LogP contribution in [0.25, 0.3) is 0 Å². The van der Waals surface area contributed by atoms with E-state index in [1.807, 2.05) is 6.92 Å². The first-order chi connectivity index (χ1) is 16.9. The van der Waals surface area contributed by atoms with E-state index in [0.29, 0.717) is 18.4 Å². The van der Waals surface area contributed by atoms with Crippen molar-refractivity contribution in [3.05, 3.63) is 63.1 Å². The molecule has 1 aromatic carbocycles. The molecule has 4 rings (SSSR count). The van der Waals surface area contributed by atoms with Crippen LogP contribution in [0.1, 0.15) is 73.5 Å². The zero-order chi connectivity index (χ0) is 26.5. The minimum Gasteiger partial charge on any atom is -0.503 e. The van der Waals surface area contributed by atoms with Crippen molar-refractivity contribution in [3.63, 3.8) is 0 Å². The Bertz CT molecular complexity index is 1260. The number of fused-ring (bicyclic) bond motifs is 2. The number of aromatic nitrogens is 1. The number of carbonyl (C=O) groups is 2. The molecule has 0 bridgehead atoms. The lowest BCUT2D eigenvalue weighted by Gasteiger charge is -2.50. The molecule has 1 aromatic heterocycles. The number of amides is 2. The third kappa shape index (κ3) is 4.50. The van der Waals surface area contributed by atoms with Crippen molar-refractivity contribution in [2.24, 2.45) is 11.8 Å². The zero-order valence-corrected chi connectivity index (χ0v) is 20.9. The molecule has 2 aromatic rings. The smallest absolute Gasteiger partial charge is 0.276 e. The van der Waals surface area contributed by atoms with E-state index in [0.717, 1.165) is 6.07 Å². The van der Waals surface area contributed by atoms with Crippen LogP contribution in [0.2, 0.25) is 0 Å². The van der Waals surface area contributed by atoms with Crippen LogP contribution in [-0.4, -0.2) is 44.8 Å². The van der Waals surface area contributed by atoms with Gasteiger partial charge in [-0.15, -0.1) is 0 Å². The van der Waals surface area contributed by atoms with E-state index in [4.69, 9.17) is 4.74 Å². The Morgan fingerprint density at radius 2 is 1.89 bits per heavy atom. The number of carbonyl (C=O) groups excluding carboxylic acids is 2. The van der Waals surface area contributed by atoms with Crippen molar-refractivity contribution < 1.29 is 28.2 Å².